The van der Waals surface area contributed by atoms with Crippen molar-refractivity contribution in [2.45, 2.75) is 45.3 Å². The number of likely N-dealkylation sites (tertiary alicyclic amines) is 1. The highest BCUT2D eigenvalue weighted by Crippen LogP contribution is 2.30. The highest BCUT2D eigenvalue weighted by molar-refractivity contribution is 5.78. The molecule has 36 heavy (non-hydrogen) atoms. The first-order valence-electron chi connectivity index (χ1n) is 12.1. The fourth-order valence-electron chi connectivity index (χ4n) is 4.22. The van der Waals surface area contributed by atoms with Crippen molar-refractivity contribution >= 4 is 6.09 Å². The minimum Gasteiger partial charge on any atom is -0.444 e. The molecule has 1 aliphatic rings. The fourth-order valence-corrected chi connectivity index (χ4v) is 4.22. The number of rotatable bonds is 4. The lowest BCUT2D eigenvalue weighted by atomic mass is 10.0. The predicted molar refractivity (Wildman–Crippen MR) is 136 cm³/mol. The molecule has 9 heteroatoms. The average molecular weight is 484 g/mol. The van der Waals surface area contributed by atoms with Gasteiger partial charge in [-0.1, -0.05) is 65.9 Å². The van der Waals surface area contributed by atoms with Gasteiger partial charge in [0.05, 0.1) is 12.2 Å². The lowest BCUT2D eigenvalue weighted by molar-refractivity contribution is 0.0184. The van der Waals surface area contributed by atoms with E-state index in [1.807, 2.05) is 92.3 Å². The summed E-state index contributed by atoms with van der Waals surface area (Å²) in [5.74, 6) is 0.422. The van der Waals surface area contributed by atoms with Gasteiger partial charge in [0.2, 0.25) is 5.82 Å². The summed E-state index contributed by atoms with van der Waals surface area (Å²) in [6.45, 7) is 6.84. The molecular formula is C27H29N7O2. The second kappa shape index (κ2) is 9.85. The molecule has 2 aromatic heterocycles. The Morgan fingerprint density at radius 1 is 0.861 bits per heavy atom. The zero-order valence-electron chi connectivity index (χ0n) is 20.7. The summed E-state index contributed by atoms with van der Waals surface area (Å²) < 4.78 is 7.34. The van der Waals surface area contributed by atoms with E-state index in [1.54, 1.807) is 4.90 Å². The van der Waals surface area contributed by atoms with E-state index in [1.165, 1.54) is 0 Å². The number of nitrogens with zero attached hydrogens (tertiary/aromatic N) is 7. The minimum absolute atomic E-state index is 0.134. The van der Waals surface area contributed by atoms with Crippen molar-refractivity contribution in [3.63, 3.8) is 0 Å². The van der Waals surface area contributed by atoms with E-state index in [-0.39, 0.29) is 12.1 Å². The van der Waals surface area contributed by atoms with E-state index < -0.39 is 5.60 Å². The first-order chi connectivity index (χ1) is 17.4. The zero-order valence-corrected chi connectivity index (χ0v) is 20.7. The molecule has 1 amide bonds. The first kappa shape index (κ1) is 23.6. The zero-order chi connectivity index (χ0) is 25.1. The standard InChI is InChI=1S/C27H29N7O2/c1-27(2,3)36-26(35)33-16-14-21(15-17-33)34-18-22(29-32-34)25-28-23(19-10-6-4-7-11-19)24(30-31-25)20-12-8-5-9-13-20/h4-13,18,21H,14-17H2,1-3H3. The number of ether oxygens (including phenoxy) is 1. The Morgan fingerprint density at radius 3 is 2.08 bits per heavy atom. The third kappa shape index (κ3) is 5.25. The number of aromatic nitrogens is 6. The minimum atomic E-state index is -0.503. The molecule has 0 bridgehead atoms. The highest BCUT2D eigenvalue weighted by atomic mass is 16.6. The number of hydrogen-bond acceptors (Lipinski definition) is 7. The summed E-state index contributed by atoms with van der Waals surface area (Å²) in [5.41, 5.74) is 3.42. The van der Waals surface area contributed by atoms with Crippen LogP contribution in [0.1, 0.15) is 39.7 Å². The first-order valence-corrected chi connectivity index (χ1v) is 12.1. The summed E-state index contributed by atoms with van der Waals surface area (Å²) in [6.07, 6.45) is 3.13. The molecule has 1 fully saturated rings. The van der Waals surface area contributed by atoms with Crippen LogP contribution in [0, 0.1) is 0 Å². The van der Waals surface area contributed by atoms with Gasteiger partial charge < -0.3 is 9.64 Å². The highest BCUT2D eigenvalue weighted by Gasteiger charge is 2.28. The van der Waals surface area contributed by atoms with Crippen LogP contribution in [-0.4, -0.2) is 59.9 Å². The molecule has 0 spiro atoms. The lowest BCUT2D eigenvalue weighted by Crippen LogP contribution is -2.42. The summed E-state index contributed by atoms with van der Waals surface area (Å²) in [4.78, 5) is 19.0. The molecule has 3 heterocycles. The summed E-state index contributed by atoms with van der Waals surface area (Å²) in [7, 11) is 0. The Balaban J connectivity index is 1.36. The number of piperidine rings is 1. The molecule has 0 N–H and O–H groups in total. The number of benzene rings is 2. The molecule has 9 nitrogen and oxygen atoms in total. The Kier molecular flexibility index (Phi) is 6.45. The normalized spacial score (nSPS) is 14.6. The van der Waals surface area contributed by atoms with Gasteiger partial charge in [-0.15, -0.1) is 15.3 Å². The molecule has 0 aliphatic carbocycles. The van der Waals surface area contributed by atoms with Crippen LogP contribution in [0.4, 0.5) is 4.79 Å². The Hall–Kier alpha value is -4.14. The molecule has 0 atom stereocenters. The molecule has 2 aromatic carbocycles. The Labute approximate surface area is 210 Å². The van der Waals surface area contributed by atoms with Crippen LogP contribution in [0.25, 0.3) is 34.0 Å². The fraction of sp³-hybridized carbons (Fsp3) is 0.333. The second-order valence-corrected chi connectivity index (χ2v) is 9.85. The number of carbonyl (C=O) groups excluding carboxylic acids is 1. The van der Waals surface area contributed by atoms with E-state index >= 15 is 0 Å². The van der Waals surface area contributed by atoms with Gasteiger partial charge in [0.25, 0.3) is 0 Å². The molecule has 0 radical (unpaired) electrons. The monoisotopic (exact) mass is 483 g/mol. The van der Waals surface area contributed by atoms with E-state index in [0.717, 1.165) is 29.7 Å². The van der Waals surface area contributed by atoms with Crippen molar-refractivity contribution in [2.75, 3.05) is 13.1 Å². The number of carbonyl (C=O) groups is 1. The van der Waals surface area contributed by atoms with E-state index in [9.17, 15) is 4.79 Å². The van der Waals surface area contributed by atoms with E-state index in [4.69, 9.17) is 9.72 Å². The van der Waals surface area contributed by atoms with Crippen molar-refractivity contribution in [3.05, 3.63) is 66.9 Å². The predicted octanol–water partition coefficient (Wildman–Crippen LogP) is 5.04. The quantitative estimate of drug-likeness (QED) is 0.401. The average Bonchev–Trinajstić information content (AvgIpc) is 3.39. The van der Waals surface area contributed by atoms with Gasteiger partial charge in [0.1, 0.15) is 17.0 Å². The molecule has 184 valence electrons. The van der Waals surface area contributed by atoms with Gasteiger partial charge >= 0.3 is 6.09 Å². The maximum absolute atomic E-state index is 12.4. The molecule has 1 aliphatic heterocycles. The molecule has 0 saturated carbocycles. The lowest BCUT2D eigenvalue weighted by Gasteiger charge is -2.33. The van der Waals surface area contributed by atoms with Gasteiger partial charge in [0.15, 0.2) is 5.69 Å². The summed E-state index contributed by atoms with van der Waals surface area (Å²) in [6, 6.07) is 20.0. The third-order valence-electron chi connectivity index (χ3n) is 6.01. The van der Waals surface area contributed by atoms with Crippen molar-refractivity contribution in [1.82, 2.24) is 35.1 Å². The number of hydrogen-bond donors (Lipinski definition) is 0. The van der Waals surface area contributed by atoms with Gasteiger partial charge in [-0.2, -0.15) is 0 Å². The molecule has 5 rings (SSSR count). The van der Waals surface area contributed by atoms with Crippen LogP contribution in [0.3, 0.4) is 0 Å². The smallest absolute Gasteiger partial charge is 0.410 e. The largest absolute Gasteiger partial charge is 0.444 e. The van der Waals surface area contributed by atoms with Crippen molar-refractivity contribution in [3.8, 4) is 34.0 Å². The van der Waals surface area contributed by atoms with Crippen LogP contribution < -0.4 is 0 Å². The third-order valence-corrected chi connectivity index (χ3v) is 6.01. The van der Waals surface area contributed by atoms with Crippen molar-refractivity contribution in [1.29, 1.82) is 0 Å². The van der Waals surface area contributed by atoms with Crippen LogP contribution in [0.2, 0.25) is 0 Å². The van der Waals surface area contributed by atoms with Crippen LogP contribution in [0.5, 0.6) is 0 Å². The van der Waals surface area contributed by atoms with Crippen molar-refractivity contribution < 1.29 is 9.53 Å². The Bertz CT molecular complexity index is 1330. The molecule has 4 aromatic rings. The van der Waals surface area contributed by atoms with Crippen LogP contribution >= 0.6 is 0 Å². The van der Waals surface area contributed by atoms with Crippen LogP contribution in [0.15, 0.2) is 66.9 Å². The summed E-state index contributed by atoms with van der Waals surface area (Å²) >= 11 is 0. The molecule has 0 unspecified atom stereocenters. The topological polar surface area (TPSA) is 98.9 Å². The van der Waals surface area contributed by atoms with Gasteiger partial charge in [-0.05, 0) is 33.6 Å². The van der Waals surface area contributed by atoms with E-state index in [0.29, 0.717) is 30.3 Å². The second-order valence-electron chi connectivity index (χ2n) is 9.85. The maximum atomic E-state index is 12.4. The maximum Gasteiger partial charge on any atom is 0.410 e. The molecule has 1 saturated heterocycles. The van der Waals surface area contributed by atoms with Crippen LogP contribution in [-0.2, 0) is 4.74 Å². The van der Waals surface area contributed by atoms with Gasteiger partial charge in [0, 0.05) is 24.2 Å². The van der Waals surface area contributed by atoms with Gasteiger partial charge in [-0.3, -0.25) is 0 Å². The van der Waals surface area contributed by atoms with Gasteiger partial charge in [-0.25, -0.2) is 14.5 Å². The number of amides is 1. The van der Waals surface area contributed by atoms with Crippen molar-refractivity contribution in [2.24, 2.45) is 0 Å². The Morgan fingerprint density at radius 2 is 1.47 bits per heavy atom. The summed E-state index contributed by atoms with van der Waals surface area (Å²) in [5, 5.41) is 17.6. The molecular weight excluding hydrogens is 454 g/mol. The van der Waals surface area contributed by atoms with E-state index in [2.05, 4.69) is 20.5 Å². The SMILES string of the molecule is CC(C)(C)OC(=O)N1CCC(n2cc(-c3nnc(-c4ccccc4)c(-c4ccccc4)n3)nn2)CC1.